The van der Waals surface area contributed by atoms with Crippen molar-refractivity contribution in [3.63, 3.8) is 0 Å². The van der Waals surface area contributed by atoms with Crippen LogP contribution >= 0.6 is 0 Å². The topological polar surface area (TPSA) is 101 Å². The van der Waals surface area contributed by atoms with Crippen LogP contribution in [0.5, 0.6) is 11.5 Å². The van der Waals surface area contributed by atoms with Gasteiger partial charge in [0.15, 0.2) is 23.1 Å². The molecule has 0 aliphatic carbocycles. The summed E-state index contributed by atoms with van der Waals surface area (Å²) in [5.74, 6) is -2.91. The van der Waals surface area contributed by atoms with Gasteiger partial charge in [-0.3, -0.25) is 9.59 Å². The summed E-state index contributed by atoms with van der Waals surface area (Å²) in [7, 11) is 0. The zero-order chi connectivity index (χ0) is 20.0. The summed E-state index contributed by atoms with van der Waals surface area (Å²) in [6, 6.07) is 13.0. The van der Waals surface area contributed by atoms with Crippen LogP contribution < -0.4 is 0 Å². The maximum atomic E-state index is 12.5. The molecule has 0 aliphatic rings. The number of hydrogen-bond acceptors (Lipinski definition) is 6. The molecule has 0 radical (unpaired) electrons. The maximum absolute atomic E-state index is 12.5. The van der Waals surface area contributed by atoms with Crippen molar-refractivity contribution in [2.45, 2.75) is 20.3 Å². The highest BCUT2D eigenvalue weighted by molar-refractivity contribution is 6.34. The molecular formula is C21H20O6. The Kier molecular flexibility index (Phi) is 6.49. The second-order valence-electron chi connectivity index (χ2n) is 5.94. The molecule has 27 heavy (non-hydrogen) atoms. The van der Waals surface area contributed by atoms with Crippen LogP contribution in [0.15, 0.2) is 54.1 Å². The number of benzene rings is 2. The van der Waals surface area contributed by atoms with Crippen LogP contribution in [0.1, 0.15) is 25.0 Å². The minimum Gasteiger partial charge on any atom is -0.504 e. The Morgan fingerprint density at radius 1 is 0.889 bits per heavy atom. The Hall–Kier alpha value is -3.41. The summed E-state index contributed by atoms with van der Waals surface area (Å²) < 4.78 is 5.19. The molecule has 6 heteroatoms. The van der Waals surface area contributed by atoms with Gasteiger partial charge in [-0.05, 0) is 37.1 Å². The molecule has 0 spiro atoms. The average Bonchev–Trinajstić information content (AvgIpc) is 2.62. The van der Waals surface area contributed by atoms with E-state index in [1.165, 1.54) is 19.1 Å². The van der Waals surface area contributed by atoms with Gasteiger partial charge < -0.3 is 14.9 Å². The number of ether oxygens (including phenoxy) is 1. The lowest BCUT2D eigenvalue weighted by Gasteiger charge is -2.12. The summed E-state index contributed by atoms with van der Waals surface area (Å²) in [6.07, 6.45) is 0.465. The van der Waals surface area contributed by atoms with Crippen molar-refractivity contribution < 1.29 is 29.3 Å². The van der Waals surface area contributed by atoms with Gasteiger partial charge in [0.25, 0.3) is 0 Å². The van der Waals surface area contributed by atoms with E-state index in [0.29, 0.717) is 6.42 Å². The first-order chi connectivity index (χ1) is 12.8. The van der Waals surface area contributed by atoms with E-state index in [1.807, 2.05) is 30.3 Å². The molecule has 0 amide bonds. The lowest BCUT2D eigenvalue weighted by molar-refractivity contribution is -0.140. The van der Waals surface area contributed by atoms with Crippen LogP contribution in [0.2, 0.25) is 0 Å². The predicted molar refractivity (Wildman–Crippen MR) is 99.2 cm³/mol. The summed E-state index contributed by atoms with van der Waals surface area (Å²) >= 11 is 0. The number of allylic oxidation sites excluding steroid dienone is 1. The molecule has 0 aliphatic heterocycles. The van der Waals surface area contributed by atoms with E-state index in [9.17, 15) is 24.6 Å². The van der Waals surface area contributed by atoms with Crippen LogP contribution in [-0.4, -0.2) is 34.4 Å². The van der Waals surface area contributed by atoms with E-state index in [1.54, 1.807) is 0 Å². The third-order valence-electron chi connectivity index (χ3n) is 3.89. The molecule has 2 N–H and O–H groups in total. The largest absolute Gasteiger partial charge is 0.504 e. The molecule has 0 atom stereocenters. The molecule has 0 saturated carbocycles. The monoisotopic (exact) mass is 368 g/mol. The van der Waals surface area contributed by atoms with Gasteiger partial charge in [0.2, 0.25) is 0 Å². The number of Topliss-reactive ketones (excluding diaryl/α,β-unsaturated/α-hetero) is 2. The first-order valence-electron chi connectivity index (χ1n) is 8.30. The fourth-order valence-electron chi connectivity index (χ4n) is 2.60. The van der Waals surface area contributed by atoms with Gasteiger partial charge in [-0.2, -0.15) is 0 Å². The van der Waals surface area contributed by atoms with Crippen LogP contribution in [0, 0.1) is 0 Å². The van der Waals surface area contributed by atoms with E-state index in [0.717, 1.165) is 18.6 Å². The fraction of sp³-hybridized carbons (Fsp3) is 0.190. The van der Waals surface area contributed by atoms with Crippen molar-refractivity contribution in [2.75, 3.05) is 6.61 Å². The van der Waals surface area contributed by atoms with Crippen LogP contribution in [0.4, 0.5) is 0 Å². The molecule has 6 nitrogen and oxygen atoms in total. The number of rotatable bonds is 7. The van der Waals surface area contributed by atoms with Gasteiger partial charge in [0.1, 0.15) is 5.57 Å². The average molecular weight is 368 g/mol. The van der Waals surface area contributed by atoms with Gasteiger partial charge >= 0.3 is 5.97 Å². The predicted octanol–water partition coefficient (Wildman–Crippen LogP) is 2.82. The van der Waals surface area contributed by atoms with Gasteiger partial charge in [-0.1, -0.05) is 36.4 Å². The second kappa shape index (κ2) is 8.80. The van der Waals surface area contributed by atoms with Crippen molar-refractivity contribution in [2.24, 2.45) is 0 Å². The fourth-order valence-corrected chi connectivity index (χ4v) is 2.60. The van der Waals surface area contributed by atoms with Gasteiger partial charge in [0, 0.05) is 12.0 Å². The highest BCUT2D eigenvalue weighted by Gasteiger charge is 2.25. The normalized spacial score (nSPS) is 11.5. The molecule has 2 aromatic carbocycles. The first-order valence-corrected chi connectivity index (χ1v) is 8.30. The van der Waals surface area contributed by atoms with E-state index in [4.69, 9.17) is 4.74 Å². The first kappa shape index (κ1) is 19.9. The lowest BCUT2D eigenvalue weighted by atomic mass is 9.94. The number of carbonyl (C=O) groups excluding carboxylic acids is 3. The highest BCUT2D eigenvalue weighted by atomic mass is 16.5. The molecule has 140 valence electrons. The Morgan fingerprint density at radius 3 is 2.11 bits per heavy atom. The van der Waals surface area contributed by atoms with Gasteiger partial charge in [0.05, 0.1) is 6.61 Å². The number of phenols is 2. The van der Waals surface area contributed by atoms with Crippen LogP contribution in [0.3, 0.4) is 0 Å². The molecule has 2 rings (SSSR count). The lowest BCUT2D eigenvalue weighted by Crippen LogP contribution is -2.19. The van der Waals surface area contributed by atoms with E-state index < -0.39 is 23.3 Å². The molecule has 0 saturated heterocycles. The van der Waals surface area contributed by atoms with Crippen molar-refractivity contribution >= 4 is 23.1 Å². The number of aromatic hydroxyl groups is 2. The standard InChI is InChI=1S/C21H20O6/c1-13(22)19(16-8-9-17(24)18(25)12-16)20(14(2)23)21(26)27-11-10-15-6-4-3-5-7-15/h3-9,12,24-25H,10-11H2,1-2H3/b20-19+. The minimum atomic E-state index is -0.906. The summed E-state index contributed by atoms with van der Waals surface area (Å²) in [5.41, 5.74) is 0.556. The number of carbonyl (C=O) groups is 3. The summed E-state index contributed by atoms with van der Waals surface area (Å²) in [4.78, 5) is 36.7. The molecule has 0 unspecified atom stereocenters. The van der Waals surface area contributed by atoms with E-state index in [2.05, 4.69) is 0 Å². The van der Waals surface area contributed by atoms with Crippen molar-refractivity contribution in [3.05, 3.63) is 65.2 Å². The number of hydrogen-bond donors (Lipinski definition) is 2. The van der Waals surface area contributed by atoms with Crippen molar-refractivity contribution in [3.8, 4) is 11.5 Å². The van der Waals surface area contributed by atoms with Crippen LogP contribution in [-0.2, 0) is 25.5 Å². The Bertz CT molecular complexity index is 896. The maximum Gasteiger partial charge on any atom is 0.342 e. The Morgan fingerprint density at radius 2 is 1.56 bits per heavy atom. The second-order valence-corrected chi connectivity index (χ2v) is 5.94. The quantitative estimate of drug-likeness (QED) is 0.256. The Labute approximate surface area is 156 Å². The molecule has 0 heterocycles. The molecule has 0 bridgehead atoms. The number of ketones is 2. The van der Waals surface area contributed by atoms with Gasteiger partial charge in [-0.25, -0.2) is 4.79 Å². The number of phenolic OH excluding ortho intramolecular Hbond substituents is 2. The van der Waals surface area contributed by atoms with E-state index in [-0.39, 0.29) is 29.1 Å². The highest BCUT2D eigenvalue weighted by Crippen LogP contribution is 2.30. The zero-order valence-electron chi connectivity index (χ0n) is 15.1. The van der Waals surface area contributed by atoms with E-state index >= 15 is 0 Å². The smallest absolute Gasteiger partial charge is 0.342 e. The SMILES string of the molecule is CC(=O)/C(C(=O)OCCc1ccccc1)=C(/C(C)=O)c1ccc(O)c(O)c1. The third-order valence-corrected chi connectivity index (χ3v) is 3.89. The molecular weight excluding hydrogens is 348 g/mol. The van der Waals surface area contributed by atoms with Crippen molar-refractivity contribution in [1.29, 1.82) is 0 Å². The van der Waals surface area contributed by atoms with Crippen LogP contribution in [0.25, 0.3) is 5.57 Å². The van der Waals surface area contributed by atoms with Gasteiger partial charge in [-0.15, -0.1) is 0 Å². The zero-order valence-corrected chi connectivity index (χ0v) is 15.1. The Balaban J connectivity index is 2.32. The van der Waals surface area contributed by atoms with Crippen molar-refractivity contribution in [1.82, 2.24) is 0 Å². The summed E-state index contributed by atoms with van der Waals surface area (Å²) in [5, 5.41) is 19.1. The molecule has 2 aromatic rings. The summed E-state index contributed by atoms with van der Waals surface area (Å²) in [6.45, 7) is 2.42. The molecule has 0 fully saturated rings. The minimum absolute atomic E-state index is 0.0473. The number of esters is 1. The third kappa shape index (κ3) is 5.04. The molecule has 0 aromatic heterocycles.